The summed E-state index contributed by atoms with van der Waals surface area (Å²) in [5.74, 6) is 0. The topological polar surface area (TPSA) is 32.3 Å². The van der Waals surface area contributed by atoms with Crippen LogP contribution in [0, 0.1) is 6.92 Å². The zero-order chi connectivity index (χ0) is 11.5. The van der Waals surface area contributed by atoms with Crippen LogP contribution in [0.5, 0.6) is 0 Å². The van der Waals surface area contributed by atoms with Gasteiger partial charge in [-0.25, -0.2) is 0 Å². The van der Waals surface area contributed by atoms with Crippen LogP contribution in [0.25, 0.3) is 0 Å². The van der Waals surface area contributed by atoms with Gasteiger partial charge in [-0.05, 0) is 37.5 Å². The molecule has 1 aromatic rings. The maximum absolute atomic E-state index is 9.92. The van der Waals surface area contributed by atoms with Crippen molar-refractivity contribution in [3.63, 3.8) is 0 Å². The molecule has 0 bridgehead atoms. The summed E-state index contributed by atoms with van der Waals surface area (Å²) in [5.41, 5.74) is 2.35. The van der Waals surface area contributed by atoms with Crippen molar-refractivity contribution < 1.29 is 5.11 Å². The smallest absolute Gasteiger partial charge is 0.0741 e. The van der Waals surface area contributed by atoms with Gasteiger partial charge in [0.1, 0.15) is 0 Å². The van der Waals surface area contributed by atoms with Crippen LogP contribution in [0.1, 0.15) is 31.2 Å². The van der Waals surface area contributed by atoms with Crippen molar-refractivity contribution in [3.05, 3.63) is 28.2 Å². The van der Waals surface area contributed by atoms with Crippen LogP contribution in [0.15, 0.2) is 22.7 Å². The Labute approximate surface area is 105 Å². The Kier molecular flexibility index (Phi) is 3.87. The van der Waals surface area contributed by atoms with Crippen molar-refractivity contribution in [2.45, 2.75) is 44.8 Å². The van der Waals surface area contributed by atoms with Crippen molar-refractivity contribution in [1.29, 1.82) is 0 Å². The molecule has 1 aliphatic carbocycles. The van der Waals surface area contributed by atoms with E-state index >= 15 is 0 Å². The van der Waals surface area contributed by atoms with E-state index in [1.807, 2.05) is 6.07 Å². The molecule has 0 aliphatic heterocycles. The maximum Gasteiger partial charge on any atom is 0.0741 e. The fourth-order valence-electron chi connectivity index (χ4n) is 2.23. The SMILES string of the molecule is Cc1ccc(Br)cc1N[C@H]1CCCC[C@@H]1O. The van der Waals surface area contributed by atoms with Gasteiger partial charge in [0.25, 0.3) is 0 Å². The maximum atomic E-state index is 9.92. The standard InChI is InChI=1S/C13H18BrNO/c1-9-6-7-10(14)8-12(9)15-11-4-2-3-5-13(11)16/h6-8,11,13,15-16H,2-5H2,1H3/t11-,13-/m0/s1. The van der Waals surface area contributed by atoms with Crippen molar-refractivity contribution in [2.75, 3.05) is 5.32 Å². The zero-order valence-corrected chi connectivity index (χ0v) is 11.1. The zero-order valence-electron chi connectivity index (χ0n) is 9.54. The number of benzene rings is 1. The van der Waals surface area contributed by atoms with Gasteiger partial charge in [-0.1, -0.05) is 34.8 Å². The van der Waals surface area contributed by atoms with E-state index in [1.165, 1.54) is 12.0 Å². The summed E-state index contributed by atoms with van der Waals surface area (Å²) in [6.07, 6.45) is 4.14. The molecule has 0 unspecified atom stereocenters. The van der Waals surface area contributed by atoms with E-state index in [0.29, 0.717) is 0 Å². The van der Waals surface area contributed by atoms with Gasteiger partial charge in [0, 0.05) is 10.2 Å². The Bertz CT molecular complexity index is 367. The van der Waals surface area contributed by atoms with E-state index < -0.39 is 0 Å². The monoisotopic (exact) mass is 283 g/mol. The van der Waals surface area contributed by atoms with Crippen molar-refractivity contribution >= 4 is 21.6 Å². The van der Waals surface area contributed by atoms with Crippen LogP contribution < -0.4 is 5.32 Å². The van der Waals surface area contributed by atoms with E-state index in [2.05, 4.69) is 40.3 Å². The lowest BCUT2D eigenvalue weighted by atomic mass is 9.92. The van der Waals surface area contributed by atoms with Gasteiger partial charge in [-0.2, -0.15) is 0 Å². The Morgan fingerprint density at radius 2 is 2.06 bits per heavy atom. The van der Waals surface area contributed by atoms with E-state index in [0.717, 1.165) is 29.4 Å². The number of hydrogen-bond donors (Lipinski definition) is 2. The molecule has 1 fully saturated rings. The molecule has 1 aromatic carbocycles. The molecule has 0 spiro atoms. The largest absolute Gasteiger partial charge is 0.391 e. The third kappa shape index (κ3) is 2.77. The van der Waals surface area contributed by atoms with Gasteiger partial charge in [-0.15, -0.1) is 0 Å². The first-order chi connectivity index (χ1) is 7.66. The second kappa shape index (κ2) is 5.19. The summed E-state index contributed by atoms with van der Waals surface area (Å²) in [7, 11) is 0. The second-order valence-corrected chi connectivity index (χ2v) is 5.48. The lowest BCUT2D eigenvalue weighted by Crippen LogP contribution is -2.36. The third-order valence-corrected chi connectivity index (χ3v) is 3.76. The highest BCUT2D eigenvalue weighted by atomic mass is 79.9. The minimum atomic E-state index is -0.202. The summed E-state index contributed by atoms with van der Waals surface area (Å²) in [4.78, 5) is 0. The van der Waals surface area contributed by atoms with Crippen molar-refractivity contribution in [2.24, 2.45) is 0 Å². The molecular formula is C13H18BrNO. The fraction of sp³-hybridized carbons (Fsp3) is 0.538. The van der Waals surface area contributed by atoms with Crippen LogP contribution in [-0.4, -0.2) is 17.3 Å². The molecule has 2 nitrogen and oxygen atoms in total. The van der Waals surface area contributed by atoms with Crippen LogP contribution >= 0.6 is 15.9 Å². The van der Waals surface area contributed by atoms with Gasteiger partial charge in [0.15, 0.2) is 0 Å². The normalized spacial score (nSPS) is 25.4. The predicted octanol–water partition coefficient (Wildman–Crippen LogP) is 3.47. The minimum absolute atomic E-state index is 0.202. The lowest BCUT2D eigenvalue weighted by Gasteiger charge is -2.29. The van der Waals surface area contributed by atoms with Gasteiger partial charge in [0.2, 0.25) is 0 Å². The molecule has 0 aromatic heterocycles. The first-order valence-electron chi connectivity index (χ1n) is 5.87. The van der Waals surface area contributed by atoms with Gasteiger partial charge < -0.3 is 10.4 Å². The Balaban J connectivity index is 2.10. The molecule has 2 atom stereocenters. The molecule has 0 saturated heterocycles. The van der Waals surface area contributed by atoms with E-state index in [1.54, 1.807) is 0 Å². The van der Waals surface area contributed by atoms with Crippen LogP contribution in [0.2, 0.25) is 0 Å². The molecule has 88 valence electrons. The van der Waals surface area contributed by atoms with Crippen LogP contribution in [-0.2, 0) is 0 Å². The molecular weight excluding hydrogens is 266 g/mol. The predicted molar refractivity (Wildman–Crippen MR) is 70.8 cm³/mol. The summed E-state index contributed by atoms with van der Waals surface area (Å²) in [5, 5.41) is 13.4. The van der Waals surface area contributed by atoms with Crippen molar-refractivity contribution in [3.8, 4) is 0 Å². The highest BCUT2D eigenvalue weighted by Crippen LogP contribution is 2.26. The Hall–Kier alpha value is -0.540. The number of hydrogen-bond acceptors (Lipinski definition) is 2. The number of rotatable bonds is 2. The van der Waals surface area contributed by atoms with E-state index in [4.69, 9.17) is 0 Å². The average molecular weight is 284 g/mol. The molecule has 0 heterocycles. The molecule has 2 rings (SSSR count). The minimum Gasteiger partial charge on any atom is -0.391 e. The van der Waals surface area contributed by atoms with Gasteiger partial charge in [0.05, 0.1) is 12.1 Å². The Morgan fingerprint density at radius 1 is 1.31 bits per heavy atom. The fourth-order valence-corrected chi connectivity index (χ4v) is 2.59. The molecule has 0 radical (unpaired) electrons. The number of nitrogens with one attached hydrogen (secondary N) is 1. The van der Waals surface area contributed by atoms with Gasteiger partial charge >= 0.3 is 0 Å². The summed E-state index contributed by atoms with van der Waals surface area (Å²) >= 11 is 3.47. The first-order valence-corrected chi connectivity index (χ1v) is 6.67. The molecule has 1 saturated carbocycles. The molecule has 3 heteroatoms. The number of anilines is 1. The highest BCUT2D eigenvalue weighted by Gasteiger charge is 2.22. The number of halogens is 1. The second-order valence-electron chi connectivity index (χ2n) is 4.56. The average Bonchev–Trinajstić information content (AvgIpc) is 2.27. The van der Waals surface area contributed by atoms with Crippen LogP contribution in [0.4, 0.5) is 5.69 Å². The Morgan fingerprint density at radius 3 is 2.81 bits per heavy atom. The number of aliphatic hydroxyl groups excluding tert-OH is 1. The van der Waals surface area contributed by atoms with Crippen LogP contribution in [0.3, 0.4) is 0 Å². The van der Waals surface area contributed by atoms with Gasteiger partial charge in [-0.3, -0.25) is 0 Å². The molecule has 1 aliphatic rings. The third-order valence-electron chi connectivity index (χ3n) is 3.27. The summed E-state index contributed by atoms with van der Waals surface area (Å²) in [6.45, 7) is 2.09. The number of aliphatic hydroxyl groups is 1. The number of aryl methyl sites for hydroxylation is 1. The molecule has 16 heavy (non-hydrogen) atoms. The lowest BCUT2D eigenvalue weighted by molar-refractivity contribution is 0.116. The van der Waals surface area contributed by atoms with E-state index in [9.17, 15) is 5.11 Å². The quantitative estimate of drug-likeness (QED) is 0.871. The van der Waals surface area contributed by atoms with Crippen molar-refractivity contribution in [1.82, 2.24) is 0 Å². The molecule has 0 amide bonds. The highest BCUT2D eigenvalue weighted by molar-refractivity contribution is 9.10. The molecule has 2 N–H and O–H groups in total. The van der Waals surface area contributed by atoms with E-state index in [-0.39, 0.29) is 12.1 Å². The summed E-state index contributed by atoms with van der Waals surface area (Å²) < 4.78 is 1.07. The summed E-state index contributed by atoms with van der Waals surface area (Å²) in [6, 6.07) is 6.41. The first kappa shape index (κ1) is 11.9.